The van der Waals surface area contributed by atoms with Crippen molar-refractivity contribution in [1.82, 2.24) is 0 Å². The molecule has 0 fully saturated rings. The van der Waals surface area contributed by atoms with E-state index in [-0.39, 0.29) is 5.56 Å². The maximum Gasteiger partial charge on any atom is 0.335 e. The van der Waals surface area contributed by atoms with Crippen molar-refractivity contribution in [3.8, 4) is 28.7 Å². The molecule has 3 heteroatoms. The molecule has 0 amide bonds. The summed E-state index contributed by atoms with van der Waals surface area (Å²) in [5, 5.41) is 8.94. The number of rotatable bonds is 6. The zero-order valence-electron chi connectivity index (χ0n) is 16.3. The molecule has 3 nitrogen and oxygen atoms in total. The first-order chi connectivity index (χ1) is 14.2. The average Bonchev–Trinajstić information content (AvgIpc) is 2.76. The first-order valence-electron chi connectivity index (χ1n) is 9.51. The molecule has 0 radical (unpaired) electrons. The Hall–Kier alpha value is -3.77. The lowest BCUT2D eigenvalue weighted by Gasteiger charge is -2.09. The minimum Gasteiger partial charge on any atom is -0.494 e. The van der Waals surface area contributed by atoms with Gasteiger partial charge in [0.1, 0.15) is 5.75 Å². The molecule has 0 bridgehead atoms. The number of allylic oxidation sites excluding steroid dienone is 1. The number of ether oxygens (including phenoxy) is 1. The van der Waals surface area contributed by atoms with E-state index in [0.29, 0.717) is 6.61 Å². The van der Waals surface area contributed by atoms with E-state index >= 15 is 0 Å². The van der Waals surface area contributed by atoms with Crippen LogP contribution in [0.5, 0.6) is 5.75 Å². The third kappa shape index (κ3) is 5.60. The van der Waals surface area contributed by atoms with Gasteiger partial charge in [-0.3, -0.25) is 0 Å². The summed E-state index contributed by atoms with van der Waals surface area (Å²) in [5.41, 5.74) is 4.30. The summed E-state index contributed by atoms with van der Waals surface area (Å²) in [6.07, 6.45) is 4.76. The zero-order valence-corrected chi connectivity index (χ0v) is 16.3. The summed E-state index contributed by atoms with van der Waals surface area (Å²) in [6, 6.07) is 22.8. The summed E-state index contributed by atoms with van der Waals surface area (Å²) >= 11 is 0. The second-order valence-electron chi connectivity index (χ2n) is 6.45. The van der Waals surface area contributed by atoms with Crippen molar-refractivity contribution < 1.29 is 14.6 Å². The van der Waals surface area contributed by atoms with Gasteiger partial charge in [0.15, 0.2) is 0 Å². The molecule has 0 aromatic heterocycles. The van der Waals surface area contributed by atoms with Gasteiger partial charge in [-0.2, -0.15) is 0 Å². The highest BCUT2D eigenvalue weighted by molar-refractivity contribution is 5.87. The predicted octanol–water partition coefficient (Wildman–Crippen LogP) is 5.91. The van der Waals surface area contributed by atoms with E-state index in [4.69, 9.17) is 9.84 Å². The molecular formula is C26H22O3. The lowest BCUT2D eigenvalue weighted by molar-refractivity contribution is 0.0697. The Kier molecular flexibility index (Phi) is 6.86. The minimum absolute atomic E-state index is 0.255. The van der Waals surface area contributed by atoms with Crippen molar-refractivity contribution in [2.45, 2.75) is 13.3 Å². The van der Waals surface area contributed by atoms with Crippen LogP contribution in [0.2, 0.25) is 0 Å². The molecule has 0 spiro atoms. The minimum atomic E-state index is -0.940. The standard InChI is InChI=1S/C26H22O3/c1-2-18-29-24-12-7-11-23(19-24)25-13-6-5-10-21(25)9-4-3-8-20-14-16-22(17-15-20)26(27)28/h4-7,9-17,19H,2,18H2,1H3,(H,27,28). The van der Waals surface area contributed by atoms with Crippen LogP contribution < -0.4 is 4.74 Å². The Labute approximate surface area is 171 Å². The Morgan fingerprint density at radius 3 is 2.59 bits per heavy atom. The van der Waals surface area contributed by atoms with Crippen LogP contribution >= 0.6 is 0 Å². The summed E-state index contributed by atoms with van der Waals surface area (Å²) in [6.45, 7) is 2.79. The van der Waals surface area contributed by atoms with Gasteiger partial charge in [0.2, 0.25) is 0 Å². The molecule has 0 aliphatic rings. The highest BCUT2D eigenvalue weighted by atomic mass is 16.5. The van der Waals surface area contributed by atoms with Crippen LogP contribution in [0.25, 0.3) is 17.2 Å². The molecule has 0 aliphatic heterocycles. The van der Waals surface area contributed by atoms with Crippen LogP contribution in [0.15, 0.2) is 78.9 Å². The smallest absolute Gasteiger partial charge is 0.335 e. The Balaban J connectivity index is 1.79. The Morgan fingerprint density at radius 2 is 1.83 bits per heavy atom. The van der Waals surface area contributed by atoms with E-state index in [1.165, 1.54) is 0 Å². The normalized spacial score (nSPS) is 10.4. The number of carbonyl (C=O) groups is 1. The molecule has 0 saturated carbocycles. The largest absolute Gasteiger partial charge is 0.494 e. The lowest BCUT2D eigenvalue weighted by atomic mass is 9.99. The van der Waals surface area contributed by atoms with Crippen LogP contribution in [-0.4, -0.2) is 17.7 Å². The number of hydrogen-bond donors (Lipinski definition) is 1. The van der Waals surface area contributed by atoms with Gasteiger partial charge in [0.05, 0.1) is 12.2 Å². The van der Waals surface area contributed by atoms with Crippen LogP contribution in [0.4, 0.5) is 0 Å². The summed E-state index contributed by atoms with van der Waals surface area (Å²) < 4.78 is 5.75. The highest BCUT2D eigenvalue weighted by Gasteiger charge is 2.04. The van der Waals surface area contributed by atoms with Gasteiger partial charge in [-0.1, -0.05) is 55.2 Å². The second-order valence-corrected chi connectivity index (χ2v) is 6.45. The molecule has 0 saturated heterocycles. The summed E-state index contributed by atoms with van der Waals surface area (Å²) in [4.78, 5) is 10.9. The van der Waals surface area contributed by atoms with Gasteiger partial charge in [0.25, 0.3) is 0 Å². The van der Waals surface area contributed by atoms with Crippen LogP contribution in [0.3, 0.4) is 0 Å². The molecule has 3 aromatic carbocycles. The van der Waals surface area contributed by atoms with Gasteiger partial charge in [-0.25, -0.2) is 4.79 Å². The first-order valence-corrected chi connectivity index (χ1v) is 9.51. The monoisotopic (exact) mass is 382 g/mol. The van der Waals surface area contributed by atoms with Crippen molar-refractivity contribution >= 4 is 12.0 Å². The van der Waals surface area contributed by atoms with E-state index in [9.17, 15) is 4.79 Å². The zero-order chi connectivity index (χ0) is 20.5. The molecule has 1 N–H and O–H groups in total. The molecule has 144 valence electrons. The predicted molar refractivity (Wildman–Crippen MR) is 117 cm³/mol. The fraction of sp³-hybridized carbons (Fsp3) is 0.115. The molecule has 3 aromatic rings. The Bertz CT molecular complexity index is 1070. The van der Waals surface area contributed by atoms with Crippen molar-refractivity contribution in [3.63, 3.8) is 0 Å². The Morgan fingerprint density at radius 1 is 1.03 bits per heavy atom. The topological polar surface area (TPSA) is 46.5 Å². The van der Waals surface area contributed by atoms with Crippen molar-refractivity contribution in [1.29, 1.82) is 0 Å². The number of aromatic carboxylic acids is 1. The van der Waals surface area contributed by atoms with Crippen molar-refractivity contribution in [2.75, 3.05) is 6.61 Å². The lowest BCUT2D eigenvalue weighted by Crippen LogP contribution is -1.95. The van der Waals surface area contributed by atoms with Crippen molar-refractivity contribution in [2.24, 2.45) is 0 Å². The van der Waals surface area contributed by atoms with Gasteiger partial charge in [-0.15, -0.1) is 0 Å². The fourth-order valence-electron chi connectivity index (χ4n) is 2.83. The molecule has 0 unspecified atom stereocenters. The quantitative estimate of drug-likeness (QED) is 0.540. The van der Waals surface area contributed by atoms with Crippen LogP contribution in [-0.2, 0) is 0 Å². The maximum atomic E-state index is 10.9. The second kappa shape index (κ2) is 9.96. The van der Waals surface area contributed by atoms with Gasteiger partial charge in [-0.05, 0) is 71.7 Å². The maximum absolute atomic E-state index is 10.9. The van der Waals surface area contributed by atoms with E-state index < -0.39 is 5.97 Å². The third-order valence-electron chi connectivity index (χ3n) is 4.27. The van der Waals surface area contributed by atoms with Gasteiger partial charge >= 0.3 is 5.97 Å². The van der Waals surface area contributed by atoms with Gasteiger partial charge < -0.3 is 9.84 Å². The molecule has 0 atom stereocenters. The molecule has 29 heavy (non-hydrogen) atoms. The van der Waals surface area contributed by atoms with Crippen LogP contribution in [0, 0.1) is 11.8 Å². The van der Waals surface area contributed by atoms with E-state index in [1.807, 2.05) is 30.3 Å². The molecule has 0 heterocycles. The molecule has 0 aliphatic carbocycles. The number of benzene rings is 3. The van der Waals surface area contributed by atoms with E-state index in [2.05, 4.69) is 43.0 Å². The number of carboxylic acid groups (broad SMARTS) is 1. The highest BCUT2D eigenvalue weighted by Crippen LogP contribution is 2.27. The SMILES string of the molecule is CCCOc1cccc(-c2ccccc2C=CC#Cc2ccc(C(=O)O)cc2)c1. The molecule has 3 rings (SSSR count). The van der Waals surface area contributed by atoms with Crippen LogP contribution in [0.1, 0.15) is 34.8 Å². The molecular weight excluding hydrogens is 360 g/mol. The van der Waals surface area contributed by atoms with E-state index in [0.717, 1.165) is 34.4 Å². The van der Waals surface area contributed by atoms with E-state index in [1.54, 1.807) is 30.3 Å². The average molecular weight is 382 g/mol. The van der Waals surface area contributed by atoms with Crippen molar-refractivity contribution in [3.05, 3.63) is 95.6 Å². The number of carboxylic acids is 1. The first kappa shape index (κ1) is 20.0. The summed E-state index contributed by atoms with van der Waals surface area (Å²) in [5.74, 6) is 5.97. The number of hydrogen-bond acceptors (Lipinski definition) is 2. The fourth-order valence-corrected chi connectivity index (χ4v) is 2.83. The summed E-state index contributed by atoms with van der Waals surface area (Å²) in [7, 11) is 0. The van der Waals surface area contributed by atoms with Gasteiger partial charge in [0, 0.05) is 5.56 Å². The third-order valence-corrected chi connectivity index (χ3v) is 4.27.